The Balaban J connectivity index is 2.01. The van der Waals surface area contributed by atoms with E-state index in [1.807, 2.05) is 30.3 Å². The maximum atomic E-state index is 12.3. The molecule has 0 heterocycles. The highest BCUT2D eigenvalue weighted by molar-refractivity contribution is 6.10. The molecule has 2 rings (SSSR count). The zero-order valence-electron chi connectivity index (χ0n) is 13.5. The van der Waals surface area contributed by atoms with Gasteiger partial charge in [0, 0.05) is 12.8 Å². The van der Waals surface area contributed by atoms with E-state index in [0.29, 0.717) is 36.3 Å². The number of esters is 1. The Morgan fingerprint density at radius 1 is 1.00 bits per heavy atom. The zero-order valence-corrected chi connectivity index (χ0v) is 13.5. The molecule has 0 N–H and O–H groups in total. The molecule has 0 saturated carbocycles. The van der Waals surface area contributed by atoms with Crippen LogP contribution in [-0.2, 0) is 9.53 Å². The lowest BCUT2D eigenvalue weighted by molar-refractivity contribution is -0.140. The van der Waals surface area contributed by atoms with Crippen molar-refractivity contribution in [2.45, 2.75) is 19.3 Å². The Kier molecular flexibility index (Phi) is 6.60. The smallest absolute Gasteiger partial charge is 0.305 e. The minimum atomic E-state index is -0.306. The summed E-state index contributed by atoms with van der Waals surface area (Å²) in [6.07, 6.45) is 1.32. The van der Waals surface area contributed by atoms with Crippen molar-refractivity contribution in [2.24, 2.45) is 0 Å². The third-order valence-electron chi connectivity index (χ3n) is 3.21. The maximum absolute atomic E-state index is 12.3. The average Bonchev–Trinajstić information content (AvgIpc) is 2.62. The van der Waals surface area contributed by atoms with E-state index in [4.69, 9.17) is 4.74 Å². The lowest BCUT2D eigenvalue weighted by Gasteiger charge is -2.08. The molecule has 2 aromatic rings. The van der Waals surface area contributed by atoms with Gasteiger partial charge in [0.25, 0.3) is 0 Å². The van der Waals surface area contributed by atoms with E-state index in [2.05, 4.69) is 16.6 Å². The van der Waals surface area contributed by atoms with Crippen LogP contribution < -0.4 is 4.74 Å². The number of benzene rings is 2. The van der Waals surface area contributed by atoms with Gasteiger partial charge in [0.15, 0.2) is 0 Å². The average molecular weight is 322 g/mol. The second-order valence-corrected chi connectivity index (χ2v) is 4.97. The predicted molar refractivity (Wildman–Crippen MR) is 90.9 cm³/mol. The van der Waals surface area contributed by atoms with Crippen LogP contribution in [0.5, 0.6) is 11.5 Å². The van der Waals surface area contributed by atoms with Gasteiger partial charge in [0.1, 0.15) is 11.5 Å². The van der Waals surface area contributed by atoms with Gasteiger partial charge in [-0.15, -0.1) is 0 Å². The SMILES string of the molecule is COC(=O)CCCC#CC(=O)c1ccccc1Oc1ccccc1. The van der Waals surface area contributed by atoms with Gasteiger partial charge < -0.3 is 9.47 Å². The van der Waals surface area contributed by atoms with Gasteiger partial charge in [0.05, 0.1) is 12.7 Å². The number of hydrogen-bond donors (Lipinski definition) is 0. The zero-order chi connectivity index (χ0) is 17.2. The van der Waals surface area contributed by atoms with E-state index in [1.54, 1.807) is 24.3 Å². The molecule has 2 aromatic carbocycles. The molecular formula is C20H18O4. The third-order valence-corrected chi connectivity index (χ3v) is 3.21. The van der Waals surface area contributed by atoms with Crippen LogP contribution in [0.25, 0.3) is 0 Å². The number of ketones is 1. The molecule has 4 nitrogen and oxygen atoms in total. The number of methoxy groups -OCH3 is 1. The monoisotopic (exact) mass is 322 g/mol. The molecule has 0 unspecified atom stereocenters. The number of Topliss-reactive ketones (excluding diaryl/α,β-unsaturated/α-hetero) is 1. The molecule has 0 spiro atoms. The fourth-order valence-corrected chi connectivity index (χ4v) is 1.99. The van der Waals surface area contributed by atoms with Crippen LogP contribution in [0.3, 0.4) is 0 Å². The number of rotatable bonds is 6. The van der Waals surface area contributed by atoms with Gasteiger partial charge in [0.2, 0.25) is 5.78 Å². The molecule has 122 valence electrons. The largest absolute Gasteiger partial charge is 0.469 e. The standard InChI is InChI=1S/C20H18O4/c1-23-20(22)15-7-3-6-13-18(21)17-12-8-9-14-19(17)24-16-10-4-2-5-11-16/h2,4-5,8-12,14H,3,7,15H2,1H3. The number of hydrogen-bond acceptors (Lipinski definition) is 4. The highest BCUT2D eigenvalue weighted by Gasteiger charge is 2.10. The Labute approximate surface area is 141 Å². The summed E-state index contributed by atoms with van der Waals surface area (Å²) in [6, 6.07) is 16.2. The number of para-hydroxylation sites is 2. The first-order valence-corrected chi connectivity index (χ1v) is 7.62. The summed E-state index contributed by atoms with van der Waals surface area (Å²) in [5, 5.41) is 0. The van der Waals surface area contributed by atoms with Gasteiger partial charge in [-0.3, -0.25) is 9.59 Å². The van der Waals surface area contributed by atoms with Crippen molar-refractivity contribution in [1.29, 1.82) is 0 Å². The molecule has 0 aliphatic heterocycles. The van der Waals surface area contributed by atoms with Crippen molar-refractivity contribution in [2.75, 3.05) is 7.11 Å². The lowest BCUT2D eigenvalue weighted by Crippen LogP contribution is -2.00. The van der Waals surface area contributed by atoms with Crippen molar-refractivity contribution < 1.29 is 19.1 Å². The quantitative estimate of drug-likeness (QED) is 0.265. The summed E-state index contributed by atoms with van der Waals surface area (Å²) < 4.78 is 10.3. The summed E-state index contributed by atoms with van der Waals surface area (Å²) in [5.74, 6) is 5.93. The van der Waals surface area contributed by atoms with Gasteiger partial charge in [-0.25, -0.2) is 0 Å². The first-order chi connectivity index (χ1) is 11.7. The van der Waals surface area contributed by atoms with Crippen LogP contribution in [0.15, 0.2) is 54.6 Å². The van der Waals surface area contributed by atoms with Crippen molar-refractivity contribution in [3.63, 3.8) is 0 Å². The fourth-order valence-electron chi connectivity index (χ4n) is 1.99. The van der Waals surface area contributed by atoms with E-state index >= 15 is 0 Å². The van der Waals surface area contributed by atoms with E-state index < -0.39 is 0 Å². The second-order valence-electron chi connectivity index (χ2n) is 4.97. The van der Waals surface area contributed by atoms with Crippen LogP contribution in [0, 0.1) is 11.8 Å². The van der Waals surface area contributed by atoms with Crippen molar-refractivity contribution in [3.8, 4) is 23.3 Å². The van der Waals surface area contributed by atoms with Crippen LogP contribution >= 0.6 is 0 Å². The molecule has 0 bridgehead atoms. The molecular weight excluding hydrogens is 304 g/mol. The van der Waals surface area contributed by atoms with Crippen molar-refractivity contribution in [3.05, 3.63) is 60.2 Å². The van der Waals surface area contributed by atoms with Gasteiger partial charge in [-0.1, -0.05) is 36.3 Å². The molecule has 4 heteroatoms. The number of carbonyl (C=O) groups excluding carboxylic acids is 2. The summed E-state index contributed by atoms with van der Waals surface area (Å²) >= 11 is 0. The topological polar surface area (TPSA) is 52.6 Å². The normalized spacial score (nSPS) is 9.54. The minimum Gasteiger partial charge on any atom is -0.469 e. The molecule has 0 aliphatic rings. The summed E-state index contributed by atoms with van der Waals surface area (Å²) in [6.45, 7) is 0. The Morgan fingerprint density at radius 3 is 2.46 bits per heavy atom. The number of unbranched alkanes of at least 4 members (excludes halogenated alkanes) is 1. The fraction of sp³-hybridized carbons (Fsp3) is 0.200. The van der Waals surface area contributed by atoms with Crippen molar-refractivity contribution in [1.82, 2.24) is 0 Å². The summed E-state index contributed by atoms with van der Waals surface area (Å²) in [5.41, 5.74) is 0.418. The first-order valence-electron chi connectivity index (χ1n) is 7.62. The van der Waals surface area contributed by atoms with Gasteiger partial charge in [-0.2, -0.15) is 0 Å². The molecule has 0 radical (unpaired) electrons. The van der Waals surface area contributed by atoms with E-state index in [-0.39, 0.29) is 11.8 Å². The van der Waals surface area contributed by atoms with Crippen LogP contribution in [0.1, 0.15) is 29.6 Å². The molecule has 0 aliphatic carbocycles. The van der Waals surface area contributed by atoms with Gasteiger partial charge in [-0.05, 0) is 36.6 Å². The first kappa shape index (κ1) is 17.3. The van der Waals surface area contributed by atoms with E-state index in [1.165, 1.54) is 7.11 Å². The molecule has 0 atom stereocenters. The Morgan fingerprint density at radius 2 is 1.71 bits per heavy atom. The van der Waals surface area contributed by atoms with E-state index in [9.17, 15) is 9.59 Å². The molecule has 0 amide bonds. The predicted octanol–water partition coefficient (Wildman–Crippen LogP) is 4.01. The van der Waals surface area contributed by atoms with Gasteiger partial charge >= 0.3 is 5.97 Å². The molecule has 0 aromatic heterocycles. The highest BCUT2D eigenvalue weighted by atomic mass is 16.5. The molecule has 0 fully saturated rings. The van der Waals surface area contributed by atoms with Crippen LogP contribution in [0.4, 0.5) is 0 Å². The summed E-state index contributed by atoms with van der Waals surface area (Å²) in [4.78, 5) is 23.3. The minimum absolute atomic E-state index is 0.273. The lowest BCUT2D eigenvalue weighted by atomic mass is 10.1. The third kappa shape index (κ3) is 5.29. The summed E-state index contributed by atoms with van der Waals surface area (Å²) in [7, 11) is 1.35. The van der Waals surface area contributed by atoms with Crippen molar-refractivity contribution >= 4 is 11.8 Å². The highest BCUT2D eigenvalue weighted by Crippen LogP contribution is 2.25. The van der Waals surface area contributed by atoms with E-state index in [0.717, 1.165) is 0 Å². The van der Waals surface area contributed by atoms with Crippen LogP contribution in [0.2, 0.25) is 0 Å². The number of carbonyl (C=O) groups is 2. The number of ether oxygens (including phenoxy) is 2. The maximum Gasteiger partial charge on any atom is 0.305 e. The Hall–Kier alpha value is -3.06. The molecule has 0 saturated heterocycles. The Bertz CT molecular complexity index is 754. The molecule has 24 heavy (non-hydrogen) atoms. The van der Waals surface area contributed by atoms with Crippen LogP contribution in [-0.4, -0.2) is 18.9 Å². The second kappa shape index (κ2) is 9.16.